The van der Waals surface area contributed by atoms with Gasteiger partial charge in [-0.25, -0.2) is 0 Å². The van der Waals surface area contributed by atoms with E-state index in [-0.39, 0.29) is 6.42 Å². The summed E-state index contributed by atoms with van der Waals surface area (Å²) in [5.41, 5.74) is 12.6. The molecule has 0 saturated heterocycles. The fraction of sp³-hybridized carbons (Fsp3) is 0.167. The molecule has 0 radical (unpaired) electrons. The van der Waals surface area contributed by atoms with Crippen molar-refractivity contribution in [1.82, 2.24) is 14.9 Å². The van der Waals surface area contributed by atoms with E-state index in [1.54, 1.807) is 4.68 Å². The van der Waals surface area contributed by atoms with Crippen molar-refractivity contribution in [2.75, 3.05) is 0 Å². The van der Waals surface area contributed by atoms with Gasteiger partial charge in [0, 0.05) is 35.0 Å². The number of benzene rings is 2. The number of nitrogens with two attached hydrogens (primary N) is 1. The van der Waals surface area contributed by atoms with Gasteiger partial charge in [-0.2, -0.15) is 5.10 Å². The Labute approximate surface area is 189 Å². The van der Waals surface area contributed by atoms with E-state index in [9.17, 15) is 4.79 Å². The Balaban J connectivity index is 1.79. The van der Waals surface area contributed by atoms with Crippen LogP contribution in [0.5, 0.6) is 0 Å². The highest BCUT2D eigenvalue weighted by atomic mass is 35.5. The number of carbonyl (C=O) groups is 1. The second kappa shape index (κ2) is 7.76. The lowest BCUT2D eigenvalue weighted by atomic mass is 9.90. The number of fused-ring (bicyclic) bond motifs is 3. The average Bonchev–Trinajstić information content (AvgIpc) is 3.33. The zero-order valence-electron chi connectivity index (χ0n) is 17.5. The molecule has 1 atom stereocenters. The number of primary amides is 1. The Hall–Kier alpha value is -3.71. The Morgan fingerprint density at radius 1 is 1.12 bits per heavy atom. The van der Waals surface area contributed by atoms with Gasteiger partial charge in [0.2, 0.25) is 5.91 Å². The first-order valence-corrected chi connectivity index (χ1v) is 10.5. The third kappa shape index (κ3) is 3.50. The standard InChI is InChI=1S/C24H20ClN5O2/c1-13-22-18-8-5-15(16-11-27-30(2)12-16)9-19(18)23(14-3-6-17(25)7-4-14)28-20(10-21(26)31)24(22)32-29-13/h3-9,11-12,20H,10H2,1-2H3,(H2,26,31)/t20-/m1/s1. The molecule has 1 aliphatic heterocycles. The van der Waals surface area contributed by atoms with Crippen LogP contribution in [0.2, 0.25) is 5.02 Å². The molecule has 3 heterocycles. The molecule has 32 heavy (non-hydrogen) atoms. The van der Waals surface area contributed by atoms with Crippen LogP contribution in [-0.2, 0) is 11.8 Å². The van der Waals surface area contributed by atoms with Crippen LogP contribution in [0.4, 0.5) is 0 Å². The number of carbonyl (C=O) groups excluding carboxylic acids is 1. The van der Waals surface area contributed by atoms with Crippen LogP contribution in [-0.4, -0.2) is 26.6 Å². The van der Waals surface area contributed by atoms with Crippen LogP contribution in [0, 0.1) is 6.92 Å². The molecule has 7 nitrogen and oxygen atoms in total. The Bertz CT molecular complexity index is 1370. The number of rotatable bonds is 4. The maximum atomic E-state index is 11.9. The highest BCUT2D eigenvalue weighted by molar-refractivity contribution is 6.30. The maximum absolute atomic E-state index is 11.9. The van der Waals surface area contributed by atoms with E-state index in [2.05, 4.69) is 16.3 Å². The molecule has 0 saturated carbocycles. The number of aromatic nitrogens is 3. The van der Waals surface area contributed by atoms with Crippen LogP contribution in [0.3, 0.4) is 0 Å². The minimum atomic E-state index is -0.580. The normalized spacial score (nSPS) is 15.0. The highest BCUT2D eigenvalue weighted by Crippen LogP contribution is 2.42. The summed E-state index contributed by atoms with van der Waals surface area (Å²) in [6.07, 6.45) is 3.80. The Morgan fingerprint density at radius 3 is 2.56 bits per heavy atom. The zero-order chi connectivity index (χ0) is 22.4. The van der Waals surface area contributed by atoms with Gasteiger partial charge in [0.25, 0.3) is 0 Å². The summed E-state index contributed by atoms with van der Waals surface area (Å²) in [7, 11) is 1.88. The van der Waals surface area contributed by atoms with Gasteiger partial charge < -0.3 is 10.3 Å². The molecular weight excluding hydrogens is 426 g/mol. The van der Waals surface area contributed by atoms with Gasteiger partial charge in [-0.1, -0.05) is 41.0 Å². The molecule has 8 heteroatoms. The SMILES string of the molecule is Cc1noc2c1-c1ccc(-c3cnn(C)c3)cc1C(c1ccc(Cl)cc1)=N[C@@H]2CC(N)=O. The molecular formula is C24H20ClN5O2. The molecule has 0 unspecified atom stereocenters. The average molecular weight is 446 g/mol. The number of nitrogens with zero attached hydrogens (tertiary/aromatic N) is 4. The number of hydrogen-bond donors (Lipinski definition) is 1. The molecule has 0 bridgehead atoms. The van der Waals surface area contributed by atoms with Crippen LogP contribution < -0.4 is 5.73 Å². The summed E-state index contributed by atoms with van der Waals surface area (Å²) in [5.74, 6) is 0.0804. The minimum Gasteiger partial charge on any atom is -0.370 e. The van der Waals surface area contributed by atoms with Crippen molar-refractivity contribution in [2.45, 2.75) is 19.4 Å². The third-order valence-electron chi connectivity index (χ3n) is 5.57. The third-order valence-corrected chi connectivity index (χ3v) is 5.82. The predicted molar refractivity (Wildman–Crippen MR) is 123 cm³/mol. The first kappa shape index (κ1) is 20.2. The molecule has 2 N–H and O–H groups in total. The van der Waals surface area contributed by atoms with Gasteiger partial charge in [0.15, 0.2) is 5.76 Å². The first-order chi connectivity index (χ1) is 15.4. The molecule has 0 aliphatic carbocycles. The second-order valence-corrected chi connectivity index (χ2v) is 8.28. The lowest BCUT2D eigenvalue weighted by Crippen LogP contribution is -2.15. The number of hydrogen-bond acceptors (Lipinski definition) is 5. The first-order valence-electron chi connectivity index (χ1n) is 10.1. The largest absolute Gasteiger partial charge is 0.370 e. The van der Waals surface area contributed by atoms with Crippen molar-refractivity contribution < 1.29 is 9.32 Å². The summed E-state index contributed by atoms with van der Waals surface area (Å²) >= 11 is 6.13. The maximum Gasteiger partial charge on any atom is 0.220 e. The van der Waals surface area contributed by atoms with E-state index in [0.717, 1.165) is 44.8 Å². The van der Waals surface area contributed by atoms with E-state index in [0.29, 0.717) is 10.8 Å². The van der Waals surface area contributed by atoms with Gasteiger partial charge >= 0.3 is 0 Å². The van der Waals surface area contributed by atoms with Crippen molar-refractivity contribution in [3.05, 3.63) is 82.5 Å². The van der Waals surface area contributed by atoms with Gasteiger partial charge in [0.05, 0.1) is 29.6 Å². The van der Waals surface area contributed by atoms with Crippen molar-refractivity contribution >= 4 is 23.2 Å². The van der Waals surface area contributed by atoms with E-state index >= 15 is 0 Å². The molecule has 0 fully saturated rings. The molecule has 2 aromatic heterocycles. The highest BCUT2D eigenvalue weighted by Gasteiger charge is 2.31. The van der Waals surface area contributed by atoms with Crippen molar-refractivity contribution in [2.24, 2.45) is 17.8 Å². The number of amides is 1. The number of aryl methyl sites for hydroxylation is 2. The van der Waals surface area contributed by atoms with Crippen LogP contribution >= 0.6 is 11.6 Å². The van der Waals surface area contributed by atoms with E-state index in [1.807, 2.05) is 62.8 Å². The van der Waals surface area contributed by atoms with E-state index in [4.69, 9.17) is 26.9 Å². The van der Waals surface area contributed by atoms with Gasteiger partial charge in [0.1, 0.15) is 6.04 Å². The predicted octanol–water partition coefficient (Wildman–Crippen LogP) is 4.47. The van der Waals surface area contributed by atoms with Crippen LogP contribution in [0.1, 0.15) is 35.0 Å². The summed E-state index contributed by atoms with van der Waals surface area (Å²) in [5, 5.41) is 9.09. The van der Waals surface area contributed by atoms with Crippen LogP contribution in [0.25, 0.3) is 22.3 Å². The molecule has 4 aromatic rings. The number of aliphatic imine (C=N–C) groups is 1. The van der Waals surface area contributed by atoms with E-state index < -0.39 is 11.9 Å². The monoisotopic (exact) mass is 445 g/mol. The summed E-state index contributed by atoms with van der Waals surface area (Å²) in [4.78, 5) is 16.8. The summed E-state index contributed by atoms with van der Waals surface area (Å²) in [6.45, 7) is 1.88. The lowest BCUT2D eigenvalue weighted by Gasteiger charge is -2.13. The molecule has 5 rings (SSSR count). The van der Waals surface area contributed by atoms with E-state index in [1.165, 1.54) is 0 Å². The smallest absolute Gasteiger partial charge is 0.220 e. The minimum absolute atomic E-state index is 0.0160. The van der Waals surface area contributed by atoms with Gasteiger partial charge in [-0.15, -0.1) is 0 Å². The molecule has 1 aliphatic rings. The molecule has 160 valence electrons. The second-order valence-electron chi connectivity index (χ2n) is 7.84. The van der Waals surface area contributed by atoms with Crippen LogP contribution in [0.15, 0.2) is 64.4 Å². The van der Waals surface area contributed by atoms with Crippen molar-refractivity contribution in [3.8, 4) is 22.3 Å². The quantitative estimate of drug-likeness (QED) is 0.500. The fourth-order valence-electron chi connectivity index (χ4n) is 4.10. The summed E-state index contributed by atoms with van der Waals surface area (Å²) in [6, 6.07) is 13.1. The van der Waals surface area contributed by atoms with Gasteiger partial charge in [-0.3, -0.25) is 14.5 Å². The van der Waals surface area contributed by atoms with Gasteiger partial charge in [-0.05, 0) is 36.2 Å². The topological polar surface area (TPSA) is 99.3 Å². The van der Waals surface area contributed by atoms with Crippen molar-refractivity contribution in [1.29, 1.82) is 0 Å². The molecule has 2 aromatic carbocycles. The Morgan fingerprint density at radius 2 is 1.88 bits per heavy atom. The number of halogens is 1. The Kier molecular flexibility index (Phi) is 4.90. The zero-order valence-corrected chi connectivity index (χ0v) is 18.3. The molecule has 1 amide bonds. The molecule has 0 spiro atoms. The van der Waals surface area contributed by atoms with Crippen molar-refractivity contribution in [3.63, 3.8) is 0 Å². The summed E-state index contributed by atoms with van der Waals surface area (Å²) < 4.78 is 7.42. The lowest BCUT2D eigenvalue weighted by molar-refractivity contribution is -0.118. The fourth-order valence-corrected chi connectivity index (χ4v) is 4.23.